The molecule has 0 fully saturated rings. The van der Waals surface area contributed by atoms with Crippen molar-refractivity contribution >= 4 is 11.9 Å². The van der Waals surface area contributed by atoms with Gasteiger partial charge in [-0.1, -0.05) is 12.1 Å². The van der Waals surface area contributed by atoms with Crippen LogP contribution in [0.1, 0.15) is 18.9 Å². The third-order valence-electron chi connectivity index (χ3n) is 2.97. The van der Waals surface area contributed by atoms with Gasteiger partial charge in [-0.05, 0) is 37.5 Å². The molecule has 1 unspecified atom stereocenters. The number of anilines is 2. The lowest BCUT2D eigenvalue weighted by atomic mass is 10.1. The van der Waals surface area contributed by atoms with Crippen LogP contribution in [0.25, 0.3) is 0 Å². The van der Waals surface area contributed by atoms with E-state index in [1.807, 2.05) is 18.2 Å². The van der Waals surface area contributed by atoms with Gasteiger partial charge in [-0.15, -0.1) is 0 Å². The molecule has 2 aromatic rings. The van der Waals surface area contributed by atoms with Crippen LogP contribution in [0.3, 0.4) is 0 Å². The maximum atomic E-state index is 5.52. The van der Waals surface area contributed by atoms with Crippen molar-refractivity contribution < 1.29 is 4.74 Å². The molecule has 1 aromatic heterocycles. The molecule has 0 aliphatic heterocycles. The summed E-state index contributed by atoms with van der Waals surface area (Å²) < 4.78 is 5.21. The van der Waals surface area contributed by atoms with Gasteiger partial charge in [0.25, 0.3) is 0 Å². The number of ether oxygens (including phenoxy) is 1. The van der Waals surface area contributed by atoms with Crippen molar-refractivity contribution in [2.24, 2.45) is 0 Å². The second-order valence-corrected chi connectivity index (χ2v) is 4.60. The van der Waals surface area contributed by atoms with Gasteiger partial charge in [0, 0.05) is 6.04 Å². The number of nitrogens with zero attached hydrogens (tertiary/aromatic N) is 3. The number of nitrogens with one attached hydrogen (secondary N) is 1. The molecule has 0 saturated carbocycles. The summed E-state index contributed by atoms with van der Waals surface area (Å²) in [7, 11) is 1.68. The molecule has 0 bridgehead atoms. The highest BCUT2D eigenvalue weighted by Crippen LogP contribution is 2.15. The molecule has 1 atom stereocenters. The van der Waals surface area contributed by atoms with Gasteiger partial charge < -0.3 is 15.8 Å². The summed E-state index contributed by atoms with van der Waals surface area (Å²) in [4.78, 5) is 11.8. The zero-order chi connectivity index (χ0) is 14.4. The summed E-state index contributed by atoms with van der Waals surface area (Å²) in [5.41, 5.74) is 6.76. The van der Waals surface area contributed by atoms with E-state index in [2.05, 4.69) is 33.3 Å². The average Bonchev–Trinajstić information content (AvgIpc) is 2.45. The Hall–Kier alpha value is -2.37. The third kappa shape index (κ3) is 4.08. The molecule has 3 N–H and O–H groups in total. The van der Waals surface area contributed by atoms with Crippen molar-refractivity contribution in [3.05, 3.63) is 36.2 Å². The minimum absolute atomic E-state index is 0.225. The molecule has 0 amide bonds. The number of benzene rings is 1. The predicted molar refractivity (Wildman–Crippen MR) is 78.6 cm³/mol. The maximum absolute atomic E-state index is 5.52. The first-order valence-corrected chi connectivity index (χ1v) is 6.51. The van der Waals surface area contributed by atoms with E-state index in [1.165, 1.54) is 11.9 Å². The van der Waals surface area contributed by atoms with Crippen LogP contribution in [0.15, 0.2) is 30.6 Å². The Labute approximate surface area is 118 Å². The monoisotopic (exact) mass is 273 g/mol. The number of hydrogen-bond acceptors (Lipinski definition) is 6. The fourth-order valence-electron chi connectivity index (χ4n) is 1.88. The lowest BCUT2D eigenvalue weighted by Crippen LogP contribution is -2.18. The fraction of sp³-hybridized carbons (Fsp3) is 0.357. The molecule has 0 aliphatic carbocycles. The number of nitrogens with two attached hydrogens (primary N) is 1. The lowest BCUT2D eigenvalue weighted by molar-refractivity contribution is 0.414. The first kappa shape index (κ1) is 14.0. The maximum Gasteiger partial charge on any atom is 0.227 e. The van der Waals surface area contributed by atoms with E-state index >= 15 is 0 Å². The highest BCUT2D eigenvalue weighted by molar-refractivity contribution is 5.31. The highest BCUT2D eigenvalue weighted by Gasteiger charge is 2.05. The zero-order valence-corrected chi connectivity index (χ0v) is 11.7. The summed E-state index contributed by atoms with van der Waals surface area (Å²) in [6.45, 7) is 2.08. The molecule has 6 heteroatoms. The molecular weight excluding hydrogens is 254 g/mol. The summed E-state index contributed by atoms with van der Waals surface area (Å²) in [5.74, 6) is 1.62. The van der Waals surface area contributed by atoms with Gasteiger partial charge in [-0.3, -0.25) is 0 Å². The van der Waals surface area contributed by atoms with E-state index in [1.54, 1.807) is 7.11 Å². The summed E-state index contributed by atoms with van der Waals surface area (Å²) in [6.07, 6.45) is 3.31. The van der Waals surface area contributed by atoms with E-state index in [-0.39, 0.29) is 12.0 Å². The Morgan fingerprint density at radius 3 is 2.95 bits per heavy atom. The van der Waals surface area contributed by atoms with E-state index in [0.717, 1.165) is 18.6 Å². The van der Waals surface area contributed by atoms with Gasteiger partial charge in [-0.2, -0.15) is 4.98 Å². The summed E-state index contributed by atoms with van der Waals surface area (Å²) in [6, 6.07) is 8.32. The second kappa shape index (κ2) is 6.70. The van der Waals surface area contributed by atoms with E-state index in [4.69, 9.17) is 10.5 Å². The standard InChI is InChI=1S/C14H19N5O/c1-10(18-14-17-9-16-13(15)19-14)6-7-11-4-3-5-12(8-11)20-2/h3-5,8-10H,6-7H2,1-2H3,(H3,15,16,17,18,19). The van der Waals surface area contributed by atoms with Crippen molar-refractivity contribution in [2.75, 3.05) is 18.2 Å². The Balaban J connectivity index is 1.87. The molecule has 0 saturated heterocycles. The fourth-order valence-corrected chi connectivity index (χ4v) is 1.88. The summed E-state index contributed by atoms with van der Waals surface area (Å²) >= 11 is 0. The molecule has 0 spiro atoms. The lowest BCUT2D eigenvalue weighted by Gasteiger charge is -2.13. The SMILES string of the molecule is COc1cccc(CCC(C)Nc2ncnc(N)n2)c1. The van der Waals surface area contributed by atoms with Crippen LogP contribution < -0.4 is 15.8 Å². The molecule has 1 aromatic carbocycles. The van der Waals surface area contributed by atoms with E-state index < -0.39 is 0 Å². The second-order valence-electron chi connectivity index (χ2n) is 4.60. The van der Waals surface area contributed by atoms with Crippen LogP contribution in [0.4, 0.5) is 11.9 Å². The van der Waals surface area contributed by atoms with Gasteiger partial charge in [-0.25, -0.2) is 9.97 Å². The largest absolute Gasteiger partial charge is 0.497 e. The Morgan fingerprint density at radius 2 is 2.20 bits per heavy atom. The molecule has 0 radical (unpaired) electrons. The Bertz CT molecular complexity index is 561. The smallest absolute Gasteiger partial charge is 0.227 e. The van der Waals surface area contributed by atoms with Gasteiger partial charge in [0.15, 0.2) is 0 Å². The van der Waals surface area contributed by atoms with Crippen molar-refractivity contribution in [1.29, 1.82) is 0 Å². The number of hydrogen-bond donors (Lipinski definition) is 2. The van der Waals surface area contributed by atoms with Gasteiger partial charge in [0.1, 0.15) is 12.1 Å². The van der Waals surface area contributed by atoms with Gasteiger partial charge >= 0.3 is 0 Å². The van der Waals surface area contributed by atoms with Crippen molar-refractivity contribution in [2.45, 2.75) is 25.8 Å². The van der Waals surface area contributed by atoms with Crippen molar-refractivity contribution in [3.8, 4) is 5.75 Å². The first-order chi connectivity index (χ1) is 9.67. The minimum atomic E-state index is 0.225. The predicted octanol–water partition coefficient (Wildman–Crippen LogP) is 1.90. The zero-order valence-electron chi connectivity index (χ0n) is 11.7. The summed E-state index contributed by atoms with van der Waals surface area (Å²) in [5, 5.41) is 3.21. The van der Waals surface area contributed by atoms with Crippen LogP contribution >= 0.6 is 0 Å². The van der Waals surface area contributed by atoms with Crippen LogP contribution in [-0.2, 0) is 6.42 Å². The van der Waals surface area contributed by atoms with Crippen molar-refractivity contribution in [1.82, 2.24) is 15.0 Å². The van der Waals surface area contributed by atoms with Crippen LogP contribution in [0.5, 0.6) is 5.75 Å². The molecule has 2 rings (SSSR count). The number of aryl methyl sites for hydroxylation is 1. The molecule has 6 nitrogen and oxygen atoms in total. The van der Waals surface area contributed by atoms with E-state index in [9.17, 15) is 0 Å². The Kier molecular flexibility index (Phi) is 4.70. The van der Waals surface area contributed by atoms with Crippen LogP contribution in [0.2, 0.25) is 0 Å². The normalized spacial score (nSPS) is 11.9. The third-order valence-corrected chi connectivity index (χ3v) is 2.97. The quantitative estimate of drug-likeness (QED) is 0.836. The molecule has 106 valence electrons. The number of rotatable bonds is 6. The topological polar surface area (TPSA) is 86.0 Å². The molecule has 20 heavy (non-hydrogen) atoms. The molecule has 0 aliphatic rings. The van der Waals surface area contributed by atoms with Crippen LogP contribution in [-0.4, -0.2) is 28.1 Å². The highest BCUT2D eigenvalue weighted by atomic mass is 16.5. The molecular formula is C14H19N5O. The van der Waals surface area contributed by atoms with Gasteiger partial charge in [0.05, 0.1) is 7.11 Å². The minimum Gasteiger partial charge on any atom is -0.497 e. The van der Waals surface area contributed by atoms with Crippen LogP contribution in [0, 0.1) is 0 Å². The van der Waals surface area contributed by atoms with Gasteiger partial charge in [0.2, 0.25) is 11.9 Å². The average molecular weight is 273 g/mol. The number of aromatic nitrogens is 3. The Morgan fingerprint density at radius 1 is 1.35 bits per heavy atom. The molecule has 1 heterocycles. The number of nitrogen functional groups attached to an aromatic ring is 1. The first-order valence-electron chi connectivity index (χ1n) is 6.51. The van der Waals surface area contributed by atoms with Crippen molar-refractivity contribution in [3.63, 3.8) is 0 Å². The van der Waals surface area contributed by atoms with E-state index in [0.29, 0.717) is 5.95 Å². The number of methoxy groups -OCH3 is 1.